The highest BCUT2D eigenvalue weighted by atomic mass is 32.1. The van der Waals surface area contributed by atoms with Gasteiger partial charge in [0.25, 0.3) is 6.43 Å². The van der Waals surface area contributed by atoms with Crippen LogP contribution >= 0.6 is 11.3 Å². The van der Waals surface area contributed by atoms with Crippen LogP contribution in [0.4, 0.5) is 18.7 Å². The van der Waals surface area contributed by atoms with Gasteiger partial charge in [0.05, 0.1) is 0 Å². The average molecular weight is 303 g/mol. The van der Waals surface area contributed by atoms with Crippen molar-refractivity contribution in [2.75, 3.05) is 11.9 Å². The van der Waals surface area contributed by atoms with Gasteiger partial charge >= 0.3 is 6.03 Å². The van der Waals surface area contributed by atoms with Crippen LogP contribution in [0.2, 0.25) is 0 Å². The summed E-state index contributed by atoms with van der Waals surface area (Å²) < 4.78 is 24.5. The van der Waals surface area contributed by atoms with Crippen molar-refractivity contribution in [3.05, 3.63) is 17.2 Å². The zero-order valence-electron chi connectivity index (χ0n) is 10.1. The van der Waals surface area contributed by atoms with Crippen molar-refractivity contribution < 1.29 is 13.6 Å². The number of H-pyrrole nitrogens is 1. The van der Waals surface area contributed by atoms with Gasteiger partial charge in [-0.25, -0.2) is 18.6 Å². The number of hydrogen-bond donors (Lipinski definition) is 3. The molecule has 2 heterocycles. The van der Waals surface area contributed by atoms with Crippen molar-refractivity contribution in [2.45, 2.75) is 19.3 Å². The molecule has 0 saturated carbocycles. The van der Waals surface area contributed by atoms with Crippen molar-refractivity contribution in [1.29, 1.82) is 0 Å². The Morgan fingerprint density at radius 1 is 1.45 bits per heavy atom. The number of amides is 2. The summed E-state index contributed by atoms with van der Waals surface area (Å²) in [7, 11) is 0. The predicted octanol–water partition coefficient (Wildman–Crippen LogP) is 1.35. The van der Waals surface area contributed by atoms with Gasteiger partial charge in [-0.05, 0) is 6.42 Å². The van der Waals surface area contributed by atoms with Crippen LogP contribution in [0.5, 0.6) is 0 Å². The van der Waals surface area contributed by atoms with Crippen molar-refractivity contribution in [3.8, 4) is 0 Å². The van der Waals surface area contributed by atoms with E-state index in [2.05, 4.69) is 36.0 Å². The summed E-state index contributed by atoms with van der Waals surface area (Å²) in [5.74, 6) is 0.734. The summed E-state index contributed by atoms with van der Waals surface area (Å²) in [6.45, 7) is 0.410. The first-order valence-electron chi connectivity index (χ1n) is 5.66. The lowest BCUT2D eigenvalue weighted by atomic mass is 10.3. The van der Waals surface area contributed by atoms with E-state index in [9.17, 15) is 13.6 Å². The predicted molar refractivity (Wildman–Crippen MR) is 66.6 cm³/mol. The number of aromatic nitrogens is 5. The molecule has 8 nitrogen and oxygen atoms in total. The Labute approximate surface area is 116 Å². The maximum Gasteiger partial charge on any atom is 0.321 e. The molecule has 0 aliphatic heterocycles. The molecule has 2 aromatic rings. The lowest BCUT2D eigenvalue weighted by Gasteiger charge is -2.03. The normalized spacial score (nSPS) is 10.8. The fourth-order valence-corrected chi connectivity index (χ4v) is 1.92. The molecule has 20 heavy (non-hydrogen) atoms. The molecular weight excluding hydrogens is 292 g/mol. The number of aryl methyl sites for hydroxylation is 1. The number of nitrogens with one attached hydrogen (secondary N) is 3. The molecule has 0 aliphatic rings. The number of urea groups is 1. The summed E-state index contributed by atoms with van der Waals surface area (Å²) in [4.78, 5) is 15.4. The zero-order valence-corrected chi connectivity index (χ0v) is 11.0. The van der Waals surface area contributed by atoms with Gasteiger partial charge < -0.3 is 5.32 Å². The molecule has 0 atom stereocenters. The molecule has 11 heteroatoms. The van der Waals surface area contributed by atoms with Gasteiger partial charge in [0, 0.05) is 13.0 Å². The number of aromatic amines is 1. The molecule has 0 fully saturated rings. The standard InChI is InChI=1S/C9H11F2N7OS/c10-6(11)7-17-18-9(20-7)15-8(19)12-3-1-2-5-13-4-14-16-5/h4,6H,1-3H2,(H,13,14,16)(H2,12,15,18,19). The Balaban J connectivity index is 1.67. The quantitative estimate of drug-likeness (QED) is 0.698. The monoisotopic (exact) mass is 303 g/mol. The summed E-state index contributed by atoms with van der Waals surface area (Å²) in [6, 6.07) is -0.514. The van der Waals surface area contributed by atoms with Gasteiger partial charge in [0.1, 0.15) is 12.2 Å². The number of carbonyl (C=O) groups is 1. The number of anilines is 1. The topological polar surface area (TPSA) is 108 Å². The van der Waals surface area contributed by atoms with E-state index in [1.54, 1.807) is 0 Å². The van der Waals surface area contributed by atoms with Crippen molar-refractivity contribution >= 4 is 22.5 Å². The van der Waals surface area contributed by atoms with E-state index in [-0.39, 0.29) is 5.13 Å². The lowest BCUT2D eigenvalue weighted by molar-refractivity contribution is 0.150. The van der Waals surface area contributed by atoms with E-state index in [4.69, 9.17) is 0 Å². The molecule has 0 unspecified atom stereocenters. The molecule has 0 saturated heterocycles. The lowest BCUT2D eigenvalue weighted by Crippen LogP contribution is -2.29. The Kier molecular flexibility index (Phi) is 4.87. The first-order valence-corrected chi connectivity index (χ1v) is 6.47. The SMILES string of the molecule is O=C(NCCCc1ncn[nH]1)Nc1nnc(C(F)F)s1. The zero-order chi connectivity index (χ0) is 14.4. The van der Waals surface area contributed by atoms with Gasteiger partial charge in [0.15, 0.2) is 5.01 Å². The van der Waals surface area contributed by atoms with Crippen LogP contribution in [0.3, 0.4) is 0 Å². The van der Waals surface area contributed by atoms with E-state index in [0.717, 1.165) is 5.82 Å². The Morgan fingerprint density at radius 3 is 2.95 bits per heavy atom. The van der Waals surface area contributed by atoms with E-state index in [1.165, 1.54) is 6.33 Å². The third-order valence-electron chi connectivity index (χ3n) is 2.19. The highest BCUT2D eigenvalue weighted by Gasteiger charge is 2.14. The maximum absolute atomic E-state index is 12.3. The van der Waals surface area contributed by atoms with Gasteiger partial charge in [0.2, 0.25) is 5.13 Å². The number of carbonyl (C=O) groups excluding carboxylic acids is 1. The fraction of sp³-hybridized carbons (Fsp3) is 0.444. The molecule has 2 rings (SSSR count). The molecule has 0 aliphatic carbocycles. The van der Waals surface area contributed by atoms with Crippen molar-refractivity contribution in [1.82, 2.24) is 30.7 Å². The van der Waals surface area contributed by atoms with Gasteiger partial charge in [-0.2, -0.15) is 5.10 Å². The van der Waals surface area contributed by atoms with Crippen molar-refractivity contribution in [3.63, 3.8) is 0 Å². The van der Waals surface area contributed by atoms with Crippen LogP contribution in [0, 0.1) is 0 Å². The number of nitrogens with zero attached hydrogens (tertiary/aromatic N) is 4. The second-order valence-electron chi connectivity index (χ2n) is 3.66. The summed E-state index contributed by atoms with van der Waals surface area (Å²) in [5.41, 5.74) is 0. The van der Waals surface area contributed by atoms with Crippen LogP contribution in [-0.4, -0.2) is 38.0 Å². The first kappa shape index (κ1) is 14.2. The third kappa shape index (κ3) is 4.19. The molecule has 2 aromatic heterocycles. The second-order valence-corrected chi connectivity index (χ2v) is 4.67. The first-order chi connectivity index (χ1) is 9.65. The number of hydrogen-bond acceptors (Lipinski definition) is 6. The van der Waals surface area contributed by atoms with Gasteiger partial charge in [-0.3, -0.25) is 10.4 Å². The summed E-state index contributed by atoms with van der Waals surface area (Å²) in [6.07, 6.45) is 0.0364. The van der Waals surface area contributed by atoms with Crippen LogP contribution < -0.4 is 10.6 Å². The number of alkyl halides is 2. The number of rotatable bonds is 6. The Morgan fingerprint density at radius 2 is 2.30 bits per heavy atom. The fourth-order valence-electron chi connectivity index (χ4n) is 1.32. The van der Waals surface area contributed by atoms with Crippen LogP contribution in [0.25, 0.3) is 0 Å². The molecule has 0 aromatic carbocycles. The van der Waals surface area contributed by atoms with Gasteiger partial charge in [-0.15, -0.1) is 10.2 Å². The molecule has 2 amide bonds. The molecule has 0 bridgehead atoms. The van der Waals surface area contributed by atoms with Crippen LogP contribution in [-0.2, 0) is 6.42 Å². The molecule has 3 N–H and O–H groups in total. The Hall–Kier alpha value is -2.17. The summed E-state index contributed by atoms with van der Waals surface area (Å²) in [5, 5.41) is 17.6. The van der Waals surface area contributed by atoms with Crippen LogP contribution in [0.15, 0.2) is 6.33 Å². The molecule has 0 radical (unpaired) electrons. The highest BCUT2D eigenvalue weighted by Crippen LogP contribution is 2.24. The second kappa shape index (κ2) is 6.84. The Bertz CT molecular complexity index is 544. The smallest absolute Gasteiger partial charge is 0.321 e. The number of halogens is 2. The maximum atomic E-state index is 12.3. The minimum Gasteiger partial charge on any atom is -0.338 e. The highest BCUT2D eigenvalue weighted by molar-refractivity contribution is 7.15. The van der Waals surface area contributed by atoms with E-state index in [0.29, 0.717) is 30.7 Å². The summed E-state index contributed by atoms with van der Waals surface area (Å²) >= 11 is 0.639. The van der Waals surface area contributed by atoms with E-state index >= 15 is 0 Å². The molecule has 0 spiro atoms. The molecule has 108 valence electrons. The minimum atomic E-state index is -2.69. The third-order valence-corrected chi connectivity index (χ3v) is 3.03. The van der Waals surface area contributed by atoms with E-state index in [1.807, 2.05) is 0 Å². The van der Waals surface area contributed by atoms with Crippen molar-refractivity contribution in [2.24, 2.45) is 0 Å². The van der Waals surface area contributed by atoms with Crippen LogP contribution in [0.1, 0.15) is 23.7 Å². The van der Waals surface area contributed by atoms with E-state index < -0.39 is 17.5 Å². The minimum absolute atomic E-state index is 0.0352. The van der Waals surface area contributed by atoms with Gasteiger partial charge in [-0.1, -0.05) is 11.3 Å². The largest absolute Gasteiger partial charge is 0.338 e. The molecular formula is C9H11F2N7OS. The average Bonchev–Trinajstić information content (AvgIpc) is 3.05.